The molecule has 0 saturated carbocycles. The van der Waals surface area contributed by atoms with Crippen LogP contribution in [0.2, 0.25) is 5.02 Å². The molecule has 6 nitrogen and oxygen atoms in total. The monoisotopic (exact) mass is 557 g/mol. The fraction of sp³-hybridized carbons (Fsp3) is 0.0417. The second kappa shape index (κ2) is 11.3. The number of carbonyl (C=O) groups excluding carboxylic acids is 2. The van der Waals surface area contributed by atoms with Crippen molar-refractivity contribution in [2.24, 2.45) is 0 Å². The summed E-state index contributed by atoms with van der Waals surface area (Å²) in [6.07, 6.45) is 1.49. The lowest BCUT2D eigenvalue weighted by Gasteiger charge is -2.08. The van der Waals surface area contributed by atoms with Gasteiger partial charge in [-0.1, -0.05) is 23.7 Å². The quantitative estimate of drug-likeness (QED) is 0.228. The molecule has 2 amide bonds. The summed E-state index contributed by atoms with van der Waals surface area (Å²) in [5.74, 6) is -0.321. The summed E-state index contributed by atoms with van der Waals surface area (Å²) in [5.41, 5.74) is 1.85. The van der Waals surface area contributed by atoms with E-state index in [9.17, 15) is 14.9 Å². The lowest BCUT2D eigenvalue weighted by atomic mass is 10.1. The van der Waals surface area contributed by atoms with E-state index in [1.54, 1.807) is 60.7 Å². The number of carbonyl (C=O) groups is 2. The molecule has 8 heteroatoms. The van der Waals surface area contributed by atoms with Crippen LogP contribution in [0.3, 0.4) is 0 Å². The molecule has 0 aliphatic carbocycles. The zero-order chi connectivity index (χ0) is 22.9. The molecule has 0 radical (unpaired) electrons. The van der Waals surface area contributed by atoms with Gasteiger partial charge in [0.1, 0.15) is 17.4 Å². The smallest absolute Gasteiger partial charge is 0.266 e. The first kappa shape index (κ1) is 23.3. The fourth-order valence-electron chi connectivity index (χ4n) is 2.59. The predicted octanol–water partition coefficient (Wildman–Crippen LogP) is 5.51. The summed E-state index contributed by atoms with van der Waals surface area (Å²) in [6.45, 7) is -0.167. The van der Waals surface area contributed by atoms with Crippen molar-refractivity contribution >= 4 is 63.5 Å². The molecule has 0 aromatic heterocycles. The lowest BCUT2D eigenvalue weighted by molar-refractivity contribution is -0.118. The Morgan fingerprint density at radius 3 is 2.16 bits per heavy atom. The van der Waals surface area contributed by atoms with Crippen LogP contribution in [-0.2, 0) is 9.59 Å². The first-order valence-corrected chi connectivity index (χ1v) is 10.9. The van der Waals surface area contributed by atoms with Gasteiger partial charge in [0.15, 0.2) is 6.61 Å². The minimum Gasteiger partial charge on any atom is -0.484 e. The lowest BCUT2D eigenvalue weighted by Crippen LogP contribution is -2.20. The number of nitrogens with zero attached hydrogens (tertiary/aromatic N) is 1. The maximum absolute atomic E-state index is 12.4. The standard InChI is InChI=1S/C24H17ClIN3O3/c25-18-3-7-20(8-4-18)28-23(30)15-32-22-11-1-16(2-12-22)13-17(14-27)24(31)29-21-9-5-19(26)6-10-21/h1-13H,15H2,(H,28,30)(H,29,31)/b17-13-. The van der Waals surface area contributed by atoms with Gasteiger partial charge < -0.3 is 15.4 Å². The van der Waals surface area contributed by atoms with Crippen LogP contribution in [0.15, 0.2) is 78.4 Å². The van der Waals surface area contributed by atoms with Gasteiger partial charge >= 0.3 is 0 Å². The van der Waals surface area contributed by atoms with Gasteiger partial charge in [-0.3, -0.25) is 9.59 Å². The molecule has 32 heavy (non-hydrogen) atoms. The average Bonchev–Trinajstić information content (AvgIpc) is 2.80. The molecule has 2 N–H and O–H groups in total. The topological polar surface area (TPSA) is 91.2 Å². The van der Waals surface area contributed by atoms with Crippen molar-refractivity contribution in [3.05, 3.63) is 92.5 Å². The Bertz CT molecular complexity index is 1170. The van der Waals surface area contributed by atoms with Crippen LogP contribution in [0.25, 0.3) is 6.08 Å². The van der Waals surface area contributed by atoms with Crippen LogP contribution in [0, 0.1) is 14.9 Å². The summed E-state index contributed by atoms with van der Waals surface area (Å²) in [7, 11) is 0. The van der Waals surface area contributed by atoms with E-state index in [0.717, 1.165) is 3.57 Å². The van der Waals surface area contributed by atoms with E-state index in [-0.39, 0.29) is 18.1 Å². The first-order chi connectivity index (χ1) is 15.4. The fourth-order valence-corrected chi connectivity index (χ4v) is 3.07. The number of halogens is 2. The number of ether oxygens (including phenoxy) is 1. The van der Waals surface area contributed by atoms with E-state index in [1.165, 1.54) is 6.08 Å². The van der Waals surface area contributed by atoms with Gasteiger partial charge in [-0.2, -0.15) is 5.26 Å². The van der Waals surface area contributed by atoms with Crippen LogP contribution in [-0.4, -0.2) is 18.4 Å². The molecule has 0 fully saturated rings. The zero-order valence-electron chi connectivity index (χ0n) is 16.6. The van der Waals surface area contributed by atoms with Gasteiger partial charge in [0, 0.05) is 20.0 Å². The van der Waals surface area contributed by atoms with Crippen molar-refractivity contribution in [3.8, 4) is 11.8 Å². The van der Waals surface area contributed by atoms with E-state index >= 15 is 0 Å². The minimum absolute atomic E-state index is 0.0282. The summed E-state index contributed by atoms with van der Waals surface area (Å²) in [5, 5.41) is 15.3. The average molecular weight is 558 g/mol. The zero-order valence-corrected chi connectivity index (χ0v) is 19.6. The number of anilines is 2. The molecule has 160 valence electrons. The Morgan fingerprint density at radius 2 is 1.53 bits per heavy atom. The summed E-state index contributed by atoms with van der Waals surface area (Å²) in [6, 6.07) is 22.6. The first-order valence-electron chi connectivity index (χ1n) is 9.40. The molecule has 0 aliphatic rings. The molecule has 0 bridgehead atoms. The van der Waals surface area contributed by atoms with E-state index in [0.29, 0.717) is 27.7 Å². The number of hydrogen-bond donors (Lipinski definition) is 2. The molecule has 0 heterocycles. The summed E-state index contributed by atoms with van der Waals surface area (Å²) < 4.78 is 6.53. The van der Waals surface area contributed by atoms with Crippen LogP contribution < -0.4 is 15.4 Å². The second-order valence-corrected chi connectivity index (χ2v) is 8.23. The molecular formula is C24H17ClIN3O3. The number of amides is 2. The van der Waals surface area contributed by atoms with Gasteiger partial charge in [0.2, 0.25) is 0 Å². The minimum atomic E-state index is -0.493. The summed E-state index contributed by atoms with van der Waals surface area (Å²) >= 11 is 7.99. The van der Waals surface area contributed by atoms with E-state index in [2.05, 4.69) is 33.2 Å². The normalized spacial score (nSPS) is 10.7. The number of hydrogen-bond acceptors (Lipinski definition) is 4. The SMILES string of the molecule is N#C/C(=C/c1ccc(OCC(=O)Nc2ccc(Cl)cc2)cc1)C(=O)Nc1ccc(I)cc1. The third kappa shape index (κ3) is 7.11. The molecule has 0 atom stereocenters. The van der Waals surface area contributed by atoms with Crippen LogP contribution >= 0.6 is 34.2 Å². The van der Waals surface area contributed by atoms with Crippen LogP contribution in [0.5, 0.6) is 5.75 Å². The molecule has 3 rings (SSSR count). The Morgan fingerprint density at radius 1 is 0.938 bits per heavy atom. The molecule has 0 unspecified atom stereocenters. The van der Waals surface area contributed by atoms with Gasteiger partial charge in [0.05, 0.1) is 0 Å². The molecule has 0 aliphatic heterocycles. The highest BCUT2D eigenvalue weighted by molar-refractivity contribution is 14.1. The van der Waals surface area contributed by atoms with E-state index < -0.39 is 5.91 Å². The molecule has 3 aromatic rings. The van der Waals surface area contributed by atoms with Crippen molar-refractivity contribution in [1.82, 2.24) is 0 Å². The third-order valence-electron chi connectivity index (χ3n) is 4.16. The summed E-state index contributed by atoms with van der Waals surface area (Å²) in [4.78, 5) is 24.4. The third-order valence-corrected chi connectivity index (χ3v) is 5.13. The van der Waals surface area contributed by atoms with Gasteiger partial charge in [-0.05, 0) is 94.9 Å². The van der Waals surface area contributed by atoms with Crippen molar-refractivity contribution in [2.75, 3.05) is 17.2 Å². The molecule has 0 spiro atoms. The van der Waals surface area contributed by atoms with Crippen molar-refractivity contribution in [2.45, 2.75) is 0 Å². The molecule has 0 saturated heterocycles. The Balaban J connectivity index is 1.56. The largest absolute Gasteiger partial charge is 0.484 e. The maximum atomic E-state index is 12.4. The highest BCUT2D eigenvalue weighted by atomic mass is 127. The van der Waals surface area contributed by atoms with Crippen LogP contribution in [0.1, 0.15) is 5.56 Å². The van der Waals surface area contributed by atoms with Gasteiger partial charge in [-0.15, -0.1) is 0 Å². The number of nitrogens with one attached hydrogen (secondary N) is 2. The van der Waals surface area contributed by atoms with E-state index in [4.69, 9.17) is 16.3 Å². The Kier molecular flexibility index (Phi) is 8.25. The van der Waals surface area contributed by atoms with Crippen molar-refractivity contribution in [3.63, 3.8) is 0 Å². The van der Waals surface area contributed by atoms with Crippen molar-refractivity contribution in [1.29, 1.82) is 5.26 Å². The van der Waals surface area contributed by atoms with Gasteiger partial charge in [-0.25, -0.2) is 0 Å². The maximum Gasteiger partial charge on any atom is 0.266 e. The second-order valence-electron chi connectivity index (χ2n) is 6.54. The van der Waals surface area contributed by atoms with Gasteiger partial charge in [0.25, 0.3) is 11.8 Å². The number of nitriles is 1. The molecule has 3 aromatic carbocycles. The van der Waals surface area contributed by atoms with Crippen LogP contribution in [0.4, 0.5) is 11.4 Å². The van der Waals surface area contributed by atoms with Crippen molar-refractivity contribution < 1.29 is 14.3 Å². The Labute approximate surface area is 204 Å². The number of benzene rings is 3. The Hall–Kier alpha value is -3.35. The number of rotatable bonds is 7. The highest BCUT2D eigenvalue weighted by Gasteiger charge is 2.10. The highest BCUT2D eigenvalue weighted by Crippen LogP contribution is 2.17. The predicted molar refractivity (Wildman–Crippen MR) is 133 cm³/mol. The molecular weight excluding hydrogens is 541 g/mol. The van der Waals surface area contributed by atoms with E-state index in [1.807, 2.05) is 18.2 Å².